The molecule has 5 aromatic carbocycles. The number of esters is 4. The summed E-state index contributed by atoms with van der Waals surface area (Å²) in [6.07, 6.45) is -5.74. The minimum atomic E-state index is -1.51. The van der Waals surface area contributed by atoms with Gasteiger partial charge in [0.15, 0.2) is 0 Å². The van der Waals surface area contributed by atoms with Crippen LogP contribution in [0.5, 0.6) is 57.5 Å². The number of aryl methyl sites for hydroxylation is 1. The van der Waals surface area contributed by atoms with Gasteiger partial charge in [-0.15, -0.1) is 0 Å². The average molecular weight is 945 g/mol. The van der Waals surface area contributed by atoms with Gasteiger partial charge < -0.3 is 75.1 Å². The van der Waals surface area contributed by atoms with Gasteiger partial charge >= 0.3 is 29.8 Å². The molecule has 20 heteroatoms. The Labute approximate surface area is 386 Å². The van der Waals surface area contributed by atoms with Gasteiger partial charge in [0.1, 0.15) is 110 Å². The molecule has 0 saturated carbocycles. The van der Waals surface area contributed by atoms with Crippen molar-refractivity contribution in [3.8, 4) is 57.5 Å². The van der Waals surface area contributed by atoms with E-state index in [1.807, 2.05) is 0 Å². The molecule has 11 N–H and O–H groups in total. The van der Waals surface area contributed by atoms with Crippen molar-refractivity contribution in [2.24, 2.45) is 0 Å². The molecule has 4 atom stereocenters. The van der Waals surface area contributed by atoms with Crippen LogP contribution < -0.4 is 0 Å². The van der Waals surface area contributed by atoms with Crippen LogP contribution in [0.3, 0.4) is 0 Å². The van der Waals surface area contributed by atoms with Gasteiger partial charge in [0.05, 0.1) is 0 Å². The van der Waals surface area contributed by atoms with Gasteiger partial charge in [0.2, 0.25) is 0 Å². The first kappa shape index (κ1) is 50.4. The lowest BCUT2D eigenvalue weighted by Gasteiger charge is -2.21. The van der Waals surface area contributed by atoms with Crippen molar-refractivity contribution in [2.75, 3.05) is 0 Å². The Morgan fingerprint density at radius 3 is 0.853 bits per heavy atom. The van der Waals surface area contributed by atoms with Crippen LogP contribution in [-0.4, -0.2) is 110 Å². The lowest BCUT2D eigenvalue weighted by Crippen LogP contribution is -2.24. The van der Waals surface area contributed by atoms with Crippen LogP contribution >= 0.6 is 0 Å². The fourth-order valence-corrected chi connectivity index (χ4v) is 7.66. The summed E-state index contributed by atoms with van der Waals surface area (Å²) in [5.74, 6) is -11.5. The van der Waals surface area contributed by atoms with Crippen molar-refractivity contribution in [1.29, 1.82) is 0 Å². The maximum absolute atomic E-state index is 13.7. The molecule has 0 aliphatic rings. The van der Waals surface area contributed by atoms with Crippen LogP contribution in [0, 0.1) is 6.92 Å². The van der Waals surface area contributed by atoms with Crippen molar-refractivity contribution >= 4 is 29.8 Å². The number of ether oxygens (including phenoxy) is 4. The van der Waals surface area contributed by atoms with Crippen LogP contribution in [0.4, 0.5) is 0 Å². The highest BCUT2D eigenvalue weighted by molar-refractivity contribution is 5.97. The molecule has 0 bridgehead atoms. The zero-order valence-corrected chi connectivity index (χ0v) is 37.0. The Balaban J connectivity index is 1.30. The summed E-state index contributed by atoms with van der Waals surface area (Å²) in [5, 5.41) is 113. The summed E-state index contributed by atoms with van der Waals surface area (Å²) in [4.78, 5) is 65.5. The summed E-state index contributed by atoms with van der Waals surface area (Å²) < 4.78 is 22.1. The highest BCUT2D eigenvalue weighted by Gasteiger charge is 2.30. The Kier molecular flexibility index (Phi) is 15.4. The predicted octanol–water partition coefficient (Wildman–Crippen LogP) is 5.90. The van der Waals surface area contributed by atoms with Gasteiger partial charge in [0.25, 0.3) is 0 Å². The van der Waals surface area contributed by atoms with Gasteiger partial charge in [-0.3, -0.25) is 0 Å². The third kappa shape index (κ3) is 12.0. The highest BCUT2D eigenvalue weighted by Crippen LogP contribution is 2.35. The fourth-order valence-electron chi connectivity index (χ4n) is 7.66. The number of carboxylic acid groups (broad SMARTS) is 1. The SMILES string of the molecule is Cc1cc(O)cc(O)c1C(=O)O[C@H](C)Cc1cc(O)cc(O)c1C(=O)O[C@H](C)Cc1cc(O)cc(O)c1C(=O)O[C@H](C)Cc1cc(O)cc(O)c1C(=O)O[C@H](C)Cc1cc(O)cc(O)c1C(=O)O. The molecule has 0 amide bonds. The number of rotatable bonds is 17. The molecule has 0 heterocycles. The molecule has 5 rings (SSSR count). The number of carboxylic acids is 1. The number of hydrogen-bond donors (Lipinski definition) is 11. The molecule has 0 fully saturated rings. The molecule has 20 nitrogen and oxygen atoms in total. The molecular formula is C48H48O20. The van der Waals surface area contributed by atoms with Crippen LogP contribution in [0.25, 0.3) is 0 Å². The first-order valence-corrected chi connectivity index (χ1v) is 20.6. The Hall–Kier alpha value is -8.55. The Morgan fingerprint density at radius 1 is 0.368 bits per heavy atom. The summed E-state index contributed by atoms with van der Waals surface area (Å²) in [6.45, 7) is 7.04. The molecular weight excluding hydrogens is 897 g/mol. The van der Waals surface area contributed by atoms with E-state index >= 15 is 0 Å². The van der Waals surface area contributed by atoms with Crippen molar-refractivity contribution < 1.29 is 99.1 Å². The number of carbonyl (C=O) groups is 5. The third-order valence-corrected chi connectivity index (χ3v) is 10.3. The molecule has 360 valence electrons. The largest absolute Gasteiger partial charge is 0.508 e. The highest BCUT2D eigenvalue weighted by atomic mass is 16.6. The molecule has 68 heavy (non-hydrogen) atoms. The first-order chi connectivity index (χ1) is 31.8. The van der Waals surface area contributed by atoms with E-state index in [4.69, 9.17) is 18.9 Å². The second kappa shape index (κ2) is 20.7. The topological polar surface area (TPSA) is 345 Å². The van der Waals surface area contributed by atoms with E-state index in [9.17, 15) is 80.1 Å². The number of phenolic OH excluding ortho intramolecular Hbond substituents is 9. The van der Waals surface area contributed by atoms with E-state index < -0.39 is 128 Å². The molecule has 0 saturated heterocycles. The zero-order valence-electron chi connectivity index (χ0n) is 37.0. The molecule has 0 radical (unpaired) electrons. The van der Waals surface area contributed by atoms with Crippen LogP contribution in [0.2, 0.25) is 0 Å². The number of hydrogen-bond acceptors (Lipinski definition) is 19. The first-order valence-electron chi connectivity index (χ1n) is 20.6. The van der Waals surface area contributed by atoms with Crippen molar-refractivity contribution in [2.45, 2.75) is 84.7 Å². The smallest absolute Gasteiger partial charge is 0.342 e. The van der Waals surface area contributed by atoms with E-state index in [0.717, 1.165) is 54.6 Å². The average Bonchev–Trinajstić information content (AvgIpc) is 3.15. The van der Waals surface area contributed by atoms with E-state index in [1.165, 1.54) is 40.7 Å². The number of phenols is 10. The van der Waals surface area contributed by atoms with E-state index in [1.54, 1.807) is 0 Å². The van der Waals surface area contributed by atoms with Gasteiger partial charge in [0, 0.05) is 56.0 Å². The quantitative estimate of drug-likeness (QED) is 0.0381. The third-order valence-electron chi connectivity index (χ3n) is 10.3. The second-order valence-electron chi connectivity index (χ2n) is 16.1. The van der Waals surface area contributed by atoms with Gasteiger partial charge in [-0.2, -0.15) is 0 Å². The maximum atomic E-state index is 13.7. The summed E-state index contributed by atoms with van der Waals surface area (Å²) in [7, 11) is 0. The van der Waals surface area contributed by atoms with E-state index in [0.29, 0.717) is 0 Å². The van der Waals surface area contributed by atoms with Crippen molar-refractivity contribution in [3.05, 3.63) is 116 Å². The maximum Gasteiger partial charge on any atom is 0.342 e. The van der Waals surface area contributed by atoms with Crippen LogP contribution in [0.1, 0.15) is 107 Å². The van der Waals surface area contributed by atoms with Crippen molar-refractivity contribution in [3.63, 3.8) is 0 Å². The number of aromatic carboxylic acids is 1. The van der Waals surface area contributed by atoms with Crippen LogP contribution in [0.15, 0.2) is 60.7 Å². The summed E-state index contributed by atoms with van der Waals surface area (Å²) in [6, 6.07) is 9.98. The molecule has 0 aliphatic heterocycles. The lowest BCUT2D eigenvalue weighted by atomic mass is 9.98. The fraction of sp³-hybridized carbons (Fsp3) is 0.271. The lowest BCUT2D eigenvalue weighted by molar-refractivity contribution is 0.0314. The minimum Gasteiger partial charge on any atom is -0.508 e. The Morgan fingerprint density at radius 2 is 0.588 bits per heavy atom. The molecule has 0 unspecified atom stereocenters. The minimum absolute atomic E-state index is 0.0188. The zero-order chi connectivity index (χ0) is 50.5. The molecule has 0 aliphatic carbocycles. The Bertz CT molecular complexity index is 2770. The predicted molar refractivity (Wildman–Crippen MR) is 235 cm³/mol. The summed E-state index contributed by atoms with van der Waals surface area (Å²) in [5.41, 5.74) is -2.15. The van der Waals surface area contributed by atoms with Gasteiger partial charge in [-0.1, -0.05) is 0 Å². The van der Waals surface area contributed by atoms with Gasteiger partial charge in [-0.05, 0) is 92.8 Å². The van der Waals surface area contributed by atoms with E-state index in [2.05, 4.69) is 0 Å². The monoisotopic (exact) mass is 944 g/mol. The number of benzene rings is 5. The second-order valence-corrected chi connectivity index (χ2v) is 16.1. The summed E-state index contributed by atoms with van der Waals surface area (Å²) >= 11 is 0. The standard InChI is InChI=1S/C48H48O20/c1-20-6-29(49)15-34(54)39(20)45(61)65-22(3)8-26-12-31(51)17-36(56)41(26)47(63)67-24(5)10-28-14-33(53)19-38(58)43(28)48(64)68-23(4)9-27-13-32(52)18-37(57)42(27)46(62)66-21(2)7-25-11-30(50)16-35(55)40(25)44(59)60/h6,11-19,21-24,49-58H,7-10H2,1-5H3,(H,59,60)/t21-,22-,23-,24-/m1/s1. The van der Waals surface area contributed by atoms with Crippen LogP contribution in [-0.2, 0) is 44.6 Å². The van der Waals surface area contributed by atoms with Gasteiger partial charge in [-0.25, -0.2) is 24.0 Å². The van der Waals surface area contributed by atoms with E-state index in [-0.39, 0.29) is 64.8 Å². The van der Waals surface area contributed by atoms with Crippen molar-refractivity contribution in [1.82, 2.24) is 0 Å². The molecule has 0 aromatic heterocycles. The number of carbonyl (C=O) groups excluding carboxylic acids is 4. The molecule has 0 spiro atoms. The molecule has 5 aromatic rings. The number of aromatic hydroxyl groups is 10. The normalized spacial score (nSPS) is 12.8.